The van der Waals surface area contributed by atoms with E-state index in [4.69, 9.17) is 5.10 Å². The number of aromatic carboxylic acids is 1. The number of oxime groups is 1. The van der Waals surface area contributed by atoms with E-state index in [0.717, 1.165) is 60.7 Å². The molecular formula is C41H42N6O5S. The molecule has 0 radical (unpaired) electrons. The molecule has 9 rings (SSSR count). The first-order valence-electron chi connectivity index (χ1n) is 17.9. The second-order valence-corrected chi connectivity index (χ2v) is 17.3. The second-order valence-electron chi connectivity index (χ2n) is 16.3. The molecule has 2 aromatic carbocycles. The van der Waals surface area contributed by atoms with Gasteiger partial charge in [0.05, 0.1) is 39.5 Å². The Morgan fingerprint density at radius 1 is 0.981 bits per heavy atom. The summed E-state index contributed by atoms with van der Waals surface area (Å²) in [6.07, 6.45) is 10.3. The van der Waals surface area contributed by atoms with Crippen molar-refractivity contribution < 1.29 is 25.0 Å². The zero-order chi connectivity index (χ0) is 37.3. The van der Waals surface area contributed by atoms with Gasteiger partial charge < -0.3 is 15.4 Å². The minimum atomic E-state index is -1.17. The number of hydrogen-bond acceptors (Lipinski definition) is 9. The number of thiazole rings is 1. The number of benzene rings is 2. The summed E-state index contributed by atoms with van der Waals surface area (Å²) < 4.78 is 2.91. The van der Waals surface area contributed by atoms with Crippen molar-refractivity contribution >= 4 is 56.4 Å². The lowest BCUT2D eigenvalue weighted by atomic mass is 9.39. The number of fused-ring (bicyclic) bond motifs is 1. The Hall–Kier alpha value is -5.20. The predicted octanol–water partition coefficient (Wildman–Crippen LogP) is 6.39. The third-order valence-electron chi connectivity index (χ3n) is 11.5. The second kappa shape index (κ2) is 12.4. The van der Waals surface area contributed by atoms with Crippen LogP contribution in [-0.4, -0.2) is 58.9 Å². The monoisotopic (exact) mass is 730 g/mol. The summed E-state index contributed by atoms with van der Waals surface area (Å²) in [5.41, 5.74) is 3.22. The molecule has 5 aromatic rings. The van der Waals surface area contributed by atoms with Crippen molar-refractivity contribution in [1.29, 1.82) is 0 Å². The number of nitrogens with zero attached hydrogens (tertiary/aromatic N) is 5. The Balaban J connectivity index is 1.13. The van der Waals surface area contributed by atoms with Crippen molar-refractivity contribution in [3.05, 3.63) is 82.6 Å². The molecular weight excluding hydrogens is 689 g/mol. The van der Waals surface area contributed by atoms with Crippen LogP contribution in [0.5, 0.6) is 0 Å². The minimum absolute atomic E-state index is 0.0690. The molecule has 4 saturated carbocycles. The molecule has 3 aromatic heterocycles. The smallest absolute Gasteiger partial charge is 0.355 e. The number of para-hydroxylation sites is 1. The van der Waals surface area contributed by atoms with E-state index in [0.29, 0.717) is 44.5 Å². The lowest BCUT2D eigenvalue weighted by Crippen LogP contribution is -2.63. The van der Waals surface area contributed by atoms with Crippen molar-refractivity contribution in [3.8, 4) is 22.4 Å². The molecule has 53 heavy (non-hydrogen) atoms. The van der Waals surface area contributed by atoms with Gasteiger partial charge in [0.1, 0.15) is 0 Å². The van der Waals surface area contributed by atoms with E-state index in [2.05, 4.69) is 34.3 Å². The molecule has 4 fully saturated rings. The number of aromatic nitrogens is 4. The normalized spacial score (nSPS) is 27.2. The van der Waals surface area contributed by atoms with Crippen LogP contribution in [0.1, 0.15) is 75.5 Å². The number of amides is 1. The van der Waals surface area contributed by atoms with Crippen molar-refractivity contribution in [3.63, 3.8) is 0 Å². The third-order valence-corrected chi connectivity index (χ3v) is 12.5. The van der Waals surface area contributed by atoms with Gasteiger partial charge in [-0.15, -0.1) is 0 Å². The molecule has 272 valence electrons. The standard InChI is InChI=1S/C41H42N6O5S/c1-5-25-10-11-26(14-28(25)30(16-43-52)35(48)46-37-45-32-8-6-7-9-33(32)53-37)31-13-12-27(34(44-31)36(49)50)29-15-42-47(24(29)2)23-40-18-38(3)17-39(4,19-40)21-41(51,20-38)22-40/h5-16,51-52H,17-23H2,1-4H3,(H,49,50)(H,45,46,48)/b25-5-,30-28+,43-16+. The van der Waals surface area contributed by atoms with Gasteiger partial charge in [0.15, 0.2) is 10.8 Å². The average molecular weight is 731 g/mol. The Labute approximate surface area is 310 Å². The Bertz CT molecular complexity index is 2400. The number of nitrogens with one attached hydrogen (secondary N) is 1. The highest BCUT2D eigenvalue weighted by Crippen LogP contribution is 2.71. The molecule has 1 amide bonds. The highest BCUT2D eigenvalue weighted by Gasteiger charge is 2.65. The van der Waals surface area contributed by atoms with Gasteiger partial charge >= 0.3 is 5.97 Å². The number of anilines is 1. The fourth-order valence-corrected chi connectivity index (χ4v) is 11.7. The fourth-order valence-electron chi connectivity index (χ4n) is 10.8. The number of carboxylic acids is 1. The molecule has 11 nitrogen and oxygen atoms in total. The summed E-state index contributed by atoms with van der Waals surface area (Å²) in [5, 5.41) is 44.0. The molecule has 2 atom stereocenters. The first-order valence-corrected chi connectivity index (χ1v) is 18.7. The number of carbonyl (C=O) groups excluding carboxylic acids is 1. The number of aliphatic hydroxyl groups is 1. The van der Waals surface area contributed by atoms with E-state index in [1.807, 2.05) is 61.0 Å². The Morgan fingerprint density at radius 2 is 1.74 bits per heavy atom. The van der Waals surface area contributed by atoms with E-state index in [1.165, 1.54) is 11.3 Å². The van der Waals surface area contributed by atoms with Crippen LogP contribution in [0, 0.1) is 23.2 Å². The Kier molecular flexibility index (Phi) is 8.19. The summed E-state index contributed by atoms with van der Waals surface area (Å²) in [4.78, 5) is 35.5. The zero-order valence-corrected chi connectivity index (χ0v) is 31.0. The van der Waals surface area contributed by atoms with Gasteiger partial charge in [-0.1, -0.05) is 60.7 Å². The minimum Gasteiger partial charge on any atom is -0.476 e. The van der Waals surface area contributed by atoms with Crippen molar-refractivity contribution in [2.24, 2.45) is 21.4 Å². The summed E-state index contributed by atoms with van der Waals surface area (Å²) in [6, 6.07) is 16.4. The largest absolute Gasteiger partial charge is 0.476 e. The molecule has 3 heterocycles. The maximum atomic E-state index is 13.6. The van der Waals surface area contributed by atoms with Crippen LogP contribution in [-0.2, 0) is 11.3 Å². The highest BCUT2D eigenvalue weighted by molar-refractivity contribution is 7.22. The summed E-state index contributed by atoms with van der Waals surface area (Å²) in [7, 11) is 0. The van der Waals surface area contributed by atoms with Crippen LogP contribution in [0.2, 0.25) is 0 Å². The van der Waals surface area contributed by atoms with Crippen LogP contribution >= 0.6 is 11.3 Å². The van der Waals surface area contributed by atoms with Crippen LogP contribution in [0.4, 0.5) is 5.13 Å². The van der Waals surface area contributed by atoms with Gasteiger partial charge in [-0.2, -0.15) is 5.10 Å². The molecule has 0 saturated heterocycles. The SMILES string of the molecule is C/C=c1/ccc(-c2ccc(-c3cnn(CC45CC6(C)CC(C)(CC(O)(C6)C4)C5)c3C)c(C(=O)O)n2)c/c1=C(/C=N/O)C(=O)Nc1nc2ccccc2s1. The van der Waals surface area contributed by atoms with Crippen LogP contribution in [0.15, 0.2) is 65.9 Å². The van der Waals surface area contributed by atoms with Crippen LogP contribution in [0.3, 0.4) is 0 Å². The molecule has 4 aliphatic carbocycles. The number of rotatable bonds is 8. The maximum Gasteiger partial charge on any atom is 0.355 e. The number of carbonyl (C=O) groups is 2. The fraction of sp³-hybridized carbons (Fsp3) is 0.366. The van der Waals surface area contributed by atoms with Crippen molar-refractivity contribution in [2.45, 2.75) is 78.4 Å². The van der Waals surface area contributed by atoms with Gasteiger partial charge in [0.25, 0.3) is 5.91 Å². The summed E-state index contributed by atoms with van der Waals surface area (Å²) in [5.74, 6) is -1.69. The third kappa shape index (κ3) is 6.23. The van der Waals surface area contributed by atoms with E-state index in [-0.39, 0.29) is 27.5 Å². The predicted molar refractivity (Wildman–Crippen MR) is 205 cm³/mol. The quantitative estimate of drug-likeness (QED) is 0.0811. The van der Waals surface area contributed by atoms with Gasteiger partial charge in [0.2, 0.25) is 0 Å². The number of pyridine rings is 1. The molecule has 4 aliphatic rings. The van der Waals surface area contributed by atoms with Gasteiger partial charge in [0, 0.05) is 28.9 Å². The lowest BCUT2D eigenvalue weighted by Gasteiger charge is -2.68. The molecule has 0 spiro atoms. The van der Waals surface area contributed by atoms with Crippen molar-refractivity contribution in [2.75, 3.05) is 5.32 Å². The lowest BCUT2D eigenvalue weighted by molar-refractivity contribution is -0.229. The first kappa shape index (κ1) is 34.9. The molecule has 0 aliphatic heterocycles. The molecule has 12 heteroatoms. The van der Waals surface area contributed by atoms with E-state index < -0.39 is 17.5 Å². The molecule has 4 bridgehead atoms. The van der Waals surface area contributed by atoms with E-state index >= 15 is 0 Å². The van der Waals surface area contributed by atoms with E-state index in [1.54, 1.807) is 24.4 Å². The van der Waals surface area contributed by atoms with Gasteiger partial charge in [-0.25, -0.2) is 14.8 Å². The number of carboxylic acid groups (broad SMARTS) is 1. The summed E-state index contributed by atoms with van der Waals surface area (Å²) >= 11 is 1.33. The van der Waals surface area contributed by atoms with Crippen LogP contribution in [0.25, 0.3) is 44.3 Å². The van der Waals surface area contributed by atoms with Crippen molar-refractivity contribution in [1.82, 2.24) is 19.7 Å². The van der Waals surface area contributed by atoms with Crippen LogP contribution < -0.4 is 15.8 Å². The van der Waals surface area contributed by atoms with Gasteiger partial charge in [-0.05, 0) is 109 Å². The highest BCUT2D eigenvalue weighted by atomic mass is 32.1. The molecule has 2 unspecified atom stereocenters. The van der Waals surface area contributed by atoms with E-state index in [9.17, 15) is 25.0 Å². The topological polar surface area (TPSA) is 163 Å². The Morgan fingerprint density at radius 3 is 2.42 bits per heavy atom. The molecule has 4 N–H and O–H groups in total. The first-order chi connectivity index (χ1) is 25.2. The maximum absolute atomic E-state index is 13.6. The number of hydrogen-bond donors (Lipinski definition) is 4. The summed E-state index contributed by atoms with van der Waals surface area (Å²) in [6.45, 7) is 9.12. The average Bonchev–Trinajstić information content (AvgIpc) is 3.66. The van der Waals surface area contributed by atoms with Gasteiger partial charge in [-0.3, -0.25) is 14.8 Å². The zero-order valence-electron chi connectivity index (χ0n) is 30.2.